The largest absolute Gasteiger partial charge is 0.481 e. The quantitative estimate of drug-likeness (QED) is 0.909. The maximum atomic E-state index is 12.9. The van der Waals surface area contributed by atoms with Crippen LogP contribution in [0.15, 0.2) is 23.1 Å². The van der Waals surface area contributed by atoms with E-state index in [1.165, 1.54) is 16.4 Å². The second-order valence-electron chi connectivity index (χ2n) is 5.36. The zero-order valence-electron chi connectivity index (χ0n) is 10.9. The van der Waals surface area contributed by atoms with Gasteiger partial charge < -0.3 is 5.11 Å². The summed E-state index contributed by atoms with van der Waals surface area (Å²) in [7, 11) is -3.90. The Morgan fingerprint density at radius 2 is 1.86 bits per heavy atom. The van der Waals surface area contributed by atoms with Gasteiger partial charge in [0.05, 0.1) is 16.0 Å². The molecule has 0 amide bonds. The molecule has 21 heavy (non-hydrogen) atoms. The summed E-state index contributed by atoms with van der Waals surface area (Å²) in [6.07, 6.45) is 1.58. The highest BCUT2D eigenvalue weighted by molar-refractivity contribution is 7.89. The Morgan fingerprint density at radius 3 is 2.38 bits per heavy atom. The average molecular weight is 350 g/mol. The predicted molar refractivity (Wildman–Crippen MR) is 78.0 cm³/mol. The van der Waals surface area contributed by atoms with Crippen molar-refractivity contribution in [2.45, 2.75) is 36.2 Å². The van der Waals surface area contributed by atoms with Gasteiger partial charge in [0, 0.05) is 12.1 Å². The Kier molecular flexibility index (Phi) is 3.68. The first-order chi connectivity index (χ1) is 9.84. The first-order valence-corrected chi connectivity index (χ1v) is 8.74. The third-order valence-electron chi connectivity index (χ3n) is 4.24. The van der Waals surface area contributed by atoms with E-state index >= 15 is 0 Å². The first kappa shape index (κ1) is 15.1. The number of hydrogen-bond acceptors (Lipinski definition) is 3. The minimum atomic E-state index is -3.90. The monoisotopic (exact) mass is 349 g/mol. The van der Waals surface area contributed by atoms with Crippen LogP contribution in [0.3, 0.4) is 0 Å². The number of aliphatic carboxylic acids is 1. The molecule has 2 fully saturated rings. The van der Waals surface area contributed by atoms with Crippen molar-refractivity contribution < 1.29 is 18.3 Å². The third-order valence-corrected chi connectivity index (χ3v) is 7.18. The van der Waals surface area contributed by atoms with E-state index in [4.69, 9.17) is 23.2 Å². The normalized spacial score (nSPS) is 29.0. The van der Waals surface area contributed by atoms with Gasteiger partial charge in [-0.05, 0) is 31.4 Å². The van der Waals surface area contributed by atoms with Crippen LogP contribution in [0.5, 0.6) is 0 Å². The summed E-state index contributed by atoms with van der Waals surface area (Å²) < 4.78 is 27.0. The van der Waals surface area contributed by atoms with E-state index in [0.29, 0.717) is 19.3 Å². The maximum Gasteiger partial charge on any atom is 0.308 e. The number of halogens is 2. The highest BCUT2D eigenvalue weighted by Crippen LogP contribution is 2.46. The van der Waals surface area contributed by atoms with Gasteiger partial charge >= 0.3 is 5.97 Å². The molecule has 1 aromatic carbocycles. The number of hydrogen-bond donors (Lipinski definition) is 1. The van der Waals surface area contributed by atoms with Gasteiger partial charge in [0.15, 0.2) is 0 Å². The van der Waals surface area contributed by atoms with E-state index in [1.807, 2.05) is 0 Å². The molecule has 3 rings (SSSR count). The molecule has 0 radical (unpaired) electrons. The standard InChI is InChI=1S/C13H13Cl2NO4S/c14-9-2-1-3-10(15)12(9)21(19,20)16-7-4-5-11(16)8(6-7)13(17)18/h1-3,7-8,11H,4-6H2,(H,17,18). The van der Waals surface area contributed by atoms with Gasteiger partial charge in [-0.3, -0.25) is 4.79 Å². The molecular formula is C13H13Cl2NO4S. The minimum absolute atomic E-state index is 0.0562. The Hall–Kier alpha value is -0.820. The van der Waals surface area contributed by atoms with Crippen LogP contribution < -0.4 is 0 Å². The molecule has 2 aliphatic heterocycles. The Labute approximate surface area is 132 Å². The van der Waals surface area contributed by atoms with Crippen molar-refractivity contribution in [2.24, 2.45) is 5.92 Å². The molecule has 5 nitrogen and oxygen atoms in total. The van der Waals surface area contributed by atoms with Gasteiger partial charge in [0.1, 0.15) is 4.90 Å². The molecule has 2 aliphatic rings. The van der Waals surface area contributed by atoms with Crippen molar-refractivity contribution in [3.8, 4) is 0 Å². The van der Waals surface area contributed by atoms with Crippen LogP contribution in [0.25, 0.3) is 0 Å². The molecule has 3 unspecified atom stereocenters. The second-order valence-corrected chi connectivity index (χ2v) is 7.96. The van der Waals surface area contributed by atoms with Crippen LogP contribution in [-0.4, -0.2) is 35.9 Å². The lowest BCUT2D eigenvalue weighted by Gasteiger charge is -2.23. The van der Waals surface area contributed by atoms with Gasteiger partial charge in [-0.2, -0.15) is 4.31 Å². The number of rotatable bonds is 3. The first-order valence-electron chi connectivity index (χ1n) is 6.54. The zero-order valence-corrected chi connectivity index (χ0v) is 13.2. The van der Waals surface area contributed by atoms with Gasteiger partial charge in [0.25, 0.3) is 0 Å². The second kappa shape index (κ2) is 5.12. The summed E-state index contributed by atoms with van der Waals surface area (Å²) in [6.45, 7) is 0. The average Bonchev–Trinajstić information content (AvgIpc) is 2.96. The fourth-order valence-corrected chi connectivity index (χ4v) is 6.43. The van der Waals surface area contributed by atoms with E-state index < -0.39 is 28.0 Å². The molecule has 0 aromatic heterocycles. The molecule has 0 saturated carbocycles. The van der Waals surface area contributed by atoms with Crippen LogP contribution in [0.2, 0.25) is 10.0 Å². The SMILES string of the molecule is O=C(O)C1CC2CCC1N2S(=O)(=O)c1c(Cl)cccc1Cl. The molecule has 1 N–H and O–H groups in total. The van der Waals surface area contributed by atoms with E-state index in [-0.39, 0.29) is 21.0 Å². The molecule has 2 saturated heterocycles. The summed E-state index contributed by atoms with van der Waals surface area (Å²) in [5, 5.41) is 9.34. The van der Waals surface area contributed by atoms with Crippen molar-refractivity contribution in [3.05, 3.63) is 28.2 Å². The topological polar surface area (TPSA) is 74.7 Å². The van der Waals surface area contributed by atoms with E-state index in [9.17, 15) is 18.3 Å². The lowest BCUT2D eigenvalue weighted by atomic mass is 9.89. The van der Waals surface area contributed by atoms with Crippen molar-refractivity contribution in [2.75, 3.05) is 0 Å². The zero-order chi connectivity index (χ0) is 15.4. The number of nitrogens with zero attached hydrogens (tertiary/aromatic N) is 1. The van der Waals surface area contributed by atoms with Crippen molar-refractivity contribution in [1.29, 1.82) is 0 Å². The highest BCUT2D eigenvalue weighted by Gasteiger charge is 2.55. The van der Waals surface area contributed by atoms with Crippen LogP contribution >= 0.6 is 23.2 Å². The lowest BCUT2D eigenvalue weighted by molar-refractivity contribution is -0.142. The predicted octanol–water partition coefficient (Wildman–Crippen LogP) is 2.62. The molecule has 3 atom stereocenters. The summed E-state index contributed by atoms with van der Waals surface area (Å²) in [6, 6.07) is 3.71. The summed E-state index contributed by atoms with van der Waals surface area (Å²) in [5.41, 5.74) is 0. The maximum absolute atomic E-state index is 12.9. The van der Waals surface area contributed by atoms with Gasteiger partial charge in [-0.25, -0.2) is 8.42 Å². The van der Waals surface area contributed by atoms with Crippen molar-refractivity contribution in [1.82, 2.24) is 4.31 Å². The molecule has 0 spiro atoms. The Bertz CT molecular complexity index is 686. The fourth-order valence-electron chi connectivity index (χ4n) is 3.41. The van der Waals surface area contributed by atoms with Gasteiger partial charge in [-0.15, -0.1) is 0 Å². The molecule has 2 bridgehead atoms. The number of benzene rings is 1. The highest BCUT2D eigenvalue weighted by atomic mass is 35.5. The van der Waals surface area contributed by atoms with Crippen LogP contribution in [0.1, 0.15) is 19.3 Å². The Balaban J connectivity index is 2.06. The van der Waals surface area contributed by atoms with Crippen LogP contribution in [-0.2, 0) is 14.8 Å². The summed E-state index contributed by atoms with van der Waals surface area (Å²) in [4.78, 5) is 11.1. The van der Waals surface area contributed by atoms with E-state index in [1.54, 1.807) is 6.07 Å². The van der Waals surface area contributed by atoms with E-state index in [2.05, 4.69) is 0 Å². The minimum Gasteiger partial charge on any atom is -0.481 e. The number of carboxylic acid groups (broad SMARTS) is 1. The van der Waals surface area contributed by atoms with Crippen LogP contribution in [0.4, 0.5) is 0 Å². The lowest BCUT2D eigenvalue weighted by Crippen LogP contribution is -2.38. The molecule has 0 aliphatic carbocycles. The van der Waals surface area contributed by atoms with Crippen LogP contribution in [0, 0.1) is 5.92 Å². The summed E-state index contributed by atoms with van der Waals surface area (Å²) >= 11 is 12.0. The van der Waals surface area contributed by atoms with Gasteiger partial charge in [0.2, 0.25) is 10.0 Å². The molecular weight excluding hydrogens is 337 g/mol. The molecule has 1 aromatic rings. The third kappa shape index (κ3) is 2.25. The van der Waals surface area contributed by atoms with Gasteiger partial charge in [-0.1, -0.05) is 29.3 Å². The van der Waals surface area contributed by atoms with Crippen molar-refractivity contribution >= 4 is 39.2 Å². The molecule has 114 valence electrons. The molecule has 8 heteroatoms. The van der Waals surface area contributed by atoms with Crippen molar-refractivity contribution in [3.63, 3.8) is 0 Å². The smallest absolute Gasteiger partial charge is 0.308 e. The number of carboxylic acids is 1. The number of fused-ring (bicyclic) bond motifs is 2. The van der Waals surface area contributed by atoms with E-state index in [0.717, 1.165) is 0 Å². The number of sulfonamides is 1. The fraction of sp³-hybridized carbons (Fsp3) is 0.462. The Morgan fingerprint density at radius 1 is 1.24 bits per heavy atom. The molecule has 2 heterocycles. The number of carbonyl (C=O) groups is 1. The summed E-state index contributed by atoms with van der Waals surface area (Å²) in [5.74, 6) is -1.60.